The fourth-order valence-corrected chi connectivity index (χ4v) is 16.5. The van der Waals surface area contributed by atoms with Crippen LogP contribution >= 0.6 is 0 Å². The molecule has 4 aromatic heterocycles. The van der Waals surface area contributed by atoms with Crippen LogP contribution in [0.2, 0.25) is 0 Å². The van der Waals surface area contributed by atoms with E-state index in [9.17, 15) is 21.0 Å². The van der Waals surface area contributed by atoms with E-state index in [4.69, 9.17) is 0 Å². The molecule has 96 heavy (non-hydrogen) atoms. The van der Waals surface area contributed by atoms with Gasteiger partial charge in [-0.25, -0.2) is 0 Å². The number of aromatic nitrogens is 4. The van der Waals surface area contributed by atoms with Gasteiger partial charge in [-0.1, -0.05) is 206 Å². The number of para-hydroxylation sites is 2. The lowest BCUT2D eigenvalue weighted by molar-refractivity contribution is 1.12. The highest BCUT2D eigenvalue weighted by molar-refractivity contribution is 6.31. The van der Waals surface area contributed by atoms with Crippen LogP contribution in [0.4, 0.5) is 0 Å². The SMILES string of the molecule is N#Cc1c(-n2c3ccc4ccccc4c3c3c4ccccc4ccc32)ccc(-n2c3ccc4ccccc4c3c3c4cc(-c5cc6ccccc6c6c5c5ccccc5n6-c5ccc(-n6c7ccccc7c7ccc8ccccc8c76)c(C#N)c5C#N)ccc4ccc32)c1C#N. The molecule has 0 aliphatic rings. The first-order valence-electron chi connectivity index (χ1n) is 32.1. The molecule has 0 aliphatic heterocycles. The van der Waals surface area contributed by atoms with Gasteiger partial charge >= 0.3 is 0 Å². The van der Waals surface area contributed by atoms with Gasteiger partial charge in [-0.3, -0.25) is 0 Å². The highest BCUT2D eigenvalue weighted by Gasteiger charge is 2.29. The summed E-state index contributed by atoms with van der Waals surface area (Å²) in [6.45, 7) is 0. The summed E-state index contributed by atoms with van der Waals surface area (Å²) in [6.07, 6.45) is 0. The number of benzene rings is 16. The van der Waals surface area contributed by atoms with Crippen LogP contribution in [0.3, 0.4) is 0 Å². The predicted octanol–water partition coefficient (Wildman–Crippen LogP) is 22.1. The second kappa shape index (κ2) is 19.9. The molecule has 0 spiro atoms. The van der Waals surface area contributed by atoms with E-state index in [0.29, 0.717) is 22.7 Å². The highest BCUT2D eigenvalue weighted by atomic mass is 15.0. The van der Waals surface area contributed by atoms with Crippen LogP contribution in [0, 0.1) is 45.3 Å². The summed E-state index contributed by atoms with van der Waals surface area (Å²) in [5, 5.41) is 67.6. The Bertz CT molecular complexity index is 7050. The van der Waals surface area contributed by atoms with Crippen LogP contribution in [0.1, 0.15) is 22.3 Å². The van der Waals surface area contributed by atoms with E-state index in [0.717, 1.165) is 163 Å². The van der Waals surface area contributed by atoms with E-state index in [-0.39, 0.29) is 22.3 Å². The Morgan fingerprint density at radius 1 is 0.208 bits per heavy atom. The van der Waals surface area contributed by atoms with Crippen LogP contribution in [-0.4, -0.2) is 18.3 Å². The molecular formula is C88H46N8. The van der Waals surface area contributed by atoms with Crippen molar-refractivity contribution in [2.24, 2.45) is 0 Å². The summed E-state index contributed by atoms with van der Waals surface area (Å²) in [4.78, 5) is 0. The highest BCUT2D eigenvalue weighted by Crippen LogP contribution is 2.49. The van der Waals surface area contributed by atoms with E-state index in [1.54, 1.807) is 0 Å². The van der Waals surface area contributed by atoms with Crippen molar-refractivity contribution in [3.8, 4) is 58.2 Å². The fourth-order valence-electron chi connectivity index (χ4n) is 16.5. The minimum absolute atomic E-state index is 0.277. The first-order chi connectivity index (χ1) is 47.5. The van der Waals surface area contributed by atoms with E-state index in [2.05, 4.69) is 267 Å². The van der Waals surface area contributed by atoms with Crippen molar-refractivity contribution in [2.45, 2.75) is 0 Å². The number of hydrogen-bond acceptors (Lipinski definition) is 4. The third kappa shape index (κ3) is 7.05. The third-order valence-electron chi connectivity index (χ3n) is 20.4. The van der Waals surface area contributed by atoms with Crippen LogP contribution in [0.25, 0.3) is 186 Å². The Labute approximate surface area is 547 Å². The molecule has 4 heterocycles. The maximum atomic E-state index is 11.7. The van der Waals surface area contributed by atoms with Crippen molar-refractivity contribution in [3.63, 3.8) is 0 Å². The third-order valence-corrected chi connectivity index (χ3v) is 20.4. The molecule has 0 atom stereocenters. The Hall–Kier alpha value is -13.8. The van der Waals surface area contributed by atoms with Crippen LogP contribution in [0.5, 0.6) is 0 Å². The number of fused-ring (bicyclic) bond motifs is 24. The summed E-state index contributed by atoms with van der Waals surface area (Å²) in [5.74, 6) is 0. The van der Waals surface area contributed by atoms with Crippen LogP contribution in [-0.2, 0) is 0 Å². The Morgan fingerprint density at radius 3 is 1.02 bits per heavy atom. The molecule has 0 unspecified atom stereocenters. The van der Waals surface area contributed by atoms with E-state index in [1.807, 2.05) is 54.6 Å². The van der Waals surface area contributed by atoms with Gasteiger partial charge in [0, 0.05) is 53.9 Å². The zero-order valence-electron chi connectivity index (χ0n) is 51.1. The zero-order valence-corrected chi connectivity index (χ0v) is 51.1. The zero-order chi connectivity index (χ0) is 63.6. The average Bonchev–Trinajstić information content (AvgIpc) is 1.56. The summed E-state index contributed by atoms with van der Waals surface area (Å²) in [5.41, 5.74) is 13.1. The minimum atomic E-state index is 0.277. The molecule has 0 bridgehead atoms. The average molecular weight is 1220 g/mol. The number of nitrogens with zero attached hydrogens (tertiary/aromatic N) is 8. The van der Waals surface area contributed by atoms with Crippen molar-refractivity contribution in [1.82, 2.24) is 18.3 Å². The van der Waals surface area contributed by atoms with Gasteiger partial charge < -0.3 is 18.3 Å². The molecule has 20 aromatic rings. The molecule has 0 radical (unpaired) electrons. The maximum absolute atomic E-state index is 11.7. The lowest BCUT2D eigenvalue weighted by atomic mass is 9.92. The van der Waals surface area contributed by atoms with Crippen molar-refractivity contribution in [2.75, 3.05) is 0 Å². The summed E-state index contributed by atoms with van der Waals surface area (Å²) in [7, 11) is 0. The van der Waals surface area contributed by atoms with Gasteiger partial charge in [0.25, 0.3) is 0 Å². The molecule has 438 valence electrons. The van der Waals surface area contributed by atoms with Gasteiger partial charge in [0.05, 0.1) is 89.1 Å². The molecule has 0 aliphatic carbocycles. The lowest BCUT2D eigenvalue weighted by Gasteiger charge is -2.17. The van der Waals surface area contributed by atoms with Gasteiger partial charge in [0.1, 0.15) is 24.3 Å². The Balaban J connectivity index is 0.827. The lowest BCUT2D eigenvalue weighted by Crippen LogP contribution is -2.05. The number of rotatable bonds is 5. The first kappa shape index (κ1) is 53.0. The number of hydrogen-bond donors (Lipinski definition) is 0. The van der Waals surface area contributed by atoms with Crippen LogP contribution < -0.4 is 0 Å². The summed E-state index contributed by atoms with van der Waals surface area (Å²) in [6, 6.07) is 108. The predicted molar refractivity (Wildman–Crippen MR) is 393 cm³/mol. The standard InChI is InChI=1S/C88H46N8/c89-47-68-69(48-90)75(42-41-74(68)93-78-37-32-51-15-1-6-20-58(51)83(78)84-59-21-7-2-16-52(59)33-38-79(84)93)94-80-39-34-53-17-3-8-22-60(53)85(80)86-66-46-57(30-29-55(66)35-40-81(86)94)67-45-56-19-5-10-24-62(56)88-82(67)65-26-12-14-28-73(65)96(88)77-44-43-76(70(49-91)71(77)50-92)95-72-27-13-11-25-63(72)64-36-31-54-18-4-9-23-61(54)87(64)95/h1-46H. The molecule has 16 aromatic carbocycles. The molecule has 0 saturated heterocycles. The smallest absolute Gasteiger partial charge is 0.103 e. The summed E-state index contributed by atoms with van der Waals surface area (Å²) < 4.78 is 8.75. The van der Waals surface area contributed by atoms with Crippen molar-refractivity contribution < 1.29 is 0 Å². The topological polar surface area (TPSA) is 115 Å². The molecule has 0 fully saturated rings. The molecule has 0 amide bonds. The largest absolute Gasteiger partial charge is 0.308 e. The van der Waals surface area contributed by atoms with E-state index < -0.39 is 0 Å². The van der Waals surface area contributed by atoms with Gasteiger partial charge in [-0.05, 0) is 138 Å². The Morgan fingerprint density at radius 2 is 0.542 bits per heavy atom. The molecule has 0 saturated carbocycles. The summed E-state index contributed by atoms with van der Waals surface area (Å²) >= 11 is 0. The quantitative estimate of drug-likeness (QED) is 0.171. The van der Waals surface area contributed by atoms with Crippen molar-refractivity contribution in [3.05, 3.63) is 301 Å². The monoisotopic (exact) mass is 1210 g/mol. The van der Waals surface area contributed by atoms with Gasteiger partial charge in [0.2, 0.25) is 0 Å². The van der Waals surface area contributed by atoms with Crippen LogP contribution in [0.15, 0.2) is 279 Å². The Kier molecular flexibility index (Phi) is 11.0. The van der Waals surface area contributed by atoms with Gasteiger partial charge in [0.15, 0.2) is 0 Å². The fraction of sp³-hybridized carbons (Fsp3) is 0. The second-order valence-corrected chi connectivity index (χ2v) is 25.0. The molecule has 20 rings (SSSR count). The van der Waals surface area contributed by atoms with Crippen molar-refractivity contribution in [1.29, 1.82) is 21.0 Å². The van der Waals surface area contributed by atoms with Gasteiger partial charge in [-0.2, -0.15) is 21.0 Å². The molecule has 0 N–H and O–H groups in total. The van der Waals surface area contributed by atoms with Gasteiger partial charge in [-0.15, -0.1) is 0 Å². The maximum Gasteiger partial charge on any atom is 0.103 e. The molecular weight excluding hydrogens is 1170 g/mol. The van der Waals surface area contributed by atoms with Crippen molar-refractivity contribution >= 4 is 152 Å². The second-order valence-electron chi connectivity index (χ2n) is 25.0. The first-order valence-corrected chi connectivity index (χ1v) is 32.1. The van der Waals surface area contributed by atoms with E-state index in [1.165, 1.54) is 0 Å². The number of nitriles is 4. The normalized spacial score (nSPS) is 11.9. The molecule has 8 nitrogen and oxygen atoms in total. The molecule has 8 heteroatoms. The van der Waals surface area contributed by atoms with E-state index >= 15 is 0 Å². The minimum Gasteiger partial charge on any atom is -0.308 e.